The van der Waals surface area contributed by atoms with Gasteiger partial charge in [-0.25, -0.2) is 8.42 Å². The molecule has 2 aromatic carbocycles. The molecule has 140 valence electrons. The van der Waals surface area contributed by atoms with Gasteiger partial charge in [0.05, 0.1) is 4.90 Å². The molecule has 0 spiro atoms. The molecule has 0 aliphatic carbocycles. The maximum absolute atomic E-state index is 13.1. The molecule has 1 aliphatic rings. The lowest BCUT2D eigenvalue weighted by molar-refractivity contribution is 0.384. The summed E-state index contributed by atoms with van der Waals surface area (Å²) in [6.45, 7) is 10.4. The van der Waals surface area contributed by atoms with Crippen molar-refractivity contribution in [2.45, 2.75) is 32.6 Å². The fraction of sp³-hybridized carbons (Fsp3) is 0.400. The van der Waals surface area contributed by atoms with Gasteiger partial charge in [-0.05, 0) is 68.1 Å². The number of rotatable bonds is 3. The molecule has 1 saturated heterocycles. The van der Waals surface area contributed by atoms with Crippen LogP contribution in [0.1, 0.15) is 22.3 Å². The zero-order valence-electron chi connectivity index (χ0n) is 15.7. The van der Waals surface area contributed by atoms with E-state index in [1.807, 2.05) is 19.9 Å². The molecule has 1 aliphatic heterocycles. The van der Waals surface area contributed by atoms with E-state index in [0.29, 0.717) is 31.1 Å². The lowest BCUT2D eigenvalue weighted by Gasteiger charge is -2.36. The number of benzene rings is 2. The molecule has 0 unspecified atom stereocenters. The SMILES string of the molecule is Cc1ccc(C)c(N2CCN(S(=O)(=O)c3cc(C)c(Br)cc3C)CC2)c1. The maximum Gasteiger partial charge on any atom is 0.243 e. The molecular formula is C20H25BrN2O2S. The number of aryl methyl sites for hydroxylation is 4. The molecule has 0 saturated carbocycles. The molecule has 2 aromatic rings. The molecule has 0 bridgehead atoms. The Balaban J connectivity index is 1.81. The van der Waals surface area contributed by atoms with Gasteiger partial charge in [-0.2, -0.15) is 4.31 Å². The highest BCUT2D eigenvalue weighted by Gasteiger charge is 2.30. The molecule has 0 amide bonds. The summed E-state index contributed by atoms with van der Waals surface area (Å²) in [7, 11) is -3.47. The Hall–Kier alpha value is -1.37. The standard InChI is InChI=1S/C20H25BrN2O2S/c1-14-5-6-15(2)19(11-14)22-7-9-23(10-8-22)26(24,25)20-13-16(3)18(21)12-17(20)4/h5-6,11-13H,7-10H2,1-4H3. The molecular weight excluding hydrogens is 412 g/mol. The van der Waals surface area contributed by atoms with Crippen LogP contribution >= 0.6 is 15.9 Å². The average Bonchev–Trinajstić information content (AvgIpc) is 2.60. The van der Waals surface area contributed by atoms with Gasteiger partial charge in [0.2, 0.25) is 10.0 Å². The third-order valence-electron chi connectivity index (χ3n) is 5.02. The van der Waals surface area contributed by atoms with Crippen molar-refractivity contribution in [1.29, 1.82) is 0 Å². The van der Waals surface area contributed by atoms with Crippen LogP contribution in [0, 0.1) is 27.7 Å². The third kappa shape index (κ3) is 3.68. The van der Waals surface area contributed by atoms with E-state index in [0.717, 1.165) is 15.6 Å². The first-order valence-corrected chi connectivity index (χ1v) is 11.0. The van der Waals surface area contributed by atoms with Gasteiger partial charge in [-0.15, -0.1) is 0 Å². The summed E-state index contributed by atoms with van der Waals surface area (Å²) in [5, 5.41) is 0. The van der Waals surface area contributed by atoms with Crippen LogP contribution in [-0.2, 0) is 10.0 Å². The van der Waals surface area contributed by atoms with Crippen LogP contribution in [0.4, 0.5) is 5.69 Å². The van der Waals surface area contributed by atoms with Crippen molar-refractivity contribution in [1.82, 2.24) is 4.31 Å². The zero-order chi connectivity index (χ0) is 19.1. The van der Waals surface area contributed by atoms with Crippen molar-refractivity contribution in [3.63, 3.8) is 0 Å². The minimum absolute atomic E-state index is 0.415. The summed E-state index contributed by atoms with van der Waals surface area (Å²) in [6.07, 6.45) is 0. The van der Waals surface area contributed by atoms with Gasteiger partial charge in [0.15, 0.2) is 0 Å². The van der Waals surface area contributed by atoms with E-state index in [4.69, 9.17) is 0 Å². The largest absolute Gasteiger partial charge is 0.369 e. The molecule has 0 aromatic heterocycles. The summed E-state index contributed by atoms with van der Waals surface area (Å²) in [6, 6.07) is 10.1. The number of nitrogens with zero attached hydrogens (tertiary/aromatic N) is 2. The fourth-order valence-electron chi connectivity index (χ4n) is 3.40. The van der Waals surface area contributed by atoms with E-state index in [2.05, 4.69) is 52.9 Å². The smallest absolute Gasteiger partial charge is 0.243 e. The van der Waals surface area contributed by atoms with Crippen molar-refractivity contribution in [2.24, 2.45) is 0 Å². The summed E-state index contributed by atoms with van der Waals surface area (Å²) in [5.41, 5.74) is 5.37. The van der Waals surface area contributed by atoms with E-state index < -0.39 is 10.0 Å². The molecule has 0 N–H and O–H groups in total. The first kappa shape index (κ1) is 19.4. The molecule has 1 fully saturated rings. The number of halogens is 1. The van der Waals surface area contributed by atoms with Crippen LogP contribution in [0.15, 0.2) is 39.7 Å². The maximum atomic E-state index is 13.1. The Kier molecular flexibility index (Phi) is 5.47. The Morgan fingerprint density at radius 2 is 1.50 bits per heavy atom. The topological polar surface area (TPSA) is 40.6 Å². The average molecular weight is 437 g/mol. The second kappa shape index (κ2) is 7.33. The van der Waals surface area contributed by atoms with Crippen LogP contribution in [0.5, 0.6) is 0 Å². The molecule has 0 radical (unpaired) electrons. The normalized spacial score (nSPS) is 16.1. The van der Waals surface area contributed by atoms with Crippen LogP contribution in [0.25, 0.3) is 0 Å². The monoisotopic (exact) mass is 436 g/mol. The highest BCUT2D eigenvalue weighted by molar-refractivity contribution is 9.10. The van der Waals surface area contributed by atoms with Crippen molar-refractivity contribution in [2.75, 3.05) is 31.1 Å². The van der Waals surface area contributed by atoms with Gasteiger partial charge in [0.1, 0.15) is 0 Å². The summed E-state index contributed by atoms with van der Waals surface area (Å²) < 4.78 is 28.8. The fourth-order valence-corrected chi connectivity index (χ4v) is 5.57. The van der Waals surface area contributed by atoms with Gasteiger partial charge in [-0.3, -0.25) is 0 Å². The molecule has 0 atom stereocenters. The highest BCUT2D eigenvalue weighted by Crippen LogP contribution is 2.28. The van der Waals surface area contributed by atoms with E-state index >= 15 is 0 Å². The predicted octanol–water partition coefficient (Wildman–Crippen LogP) is 4.19. The van der Waals surface area contributed by atoms with E-state index in [9.17, 15) is 8.42 Å². The Bertz CT molecular complexity index is 933. The third-order valence-corrected chi connectivity index (χ3v) is 7.91. The van der Waals surface area contributed by atoms with Crippen molar-refractivity contribution in [3.8, 4) is 0 Å². The second-order valence-corrected chi connectivity index (χ2v) is 9.81. The van der Waals surface area contributed by atoms with Gasteiger partial charge in [-0.1, -0.05) is 28.1 Å². The van der Waals surface area contributed by atoms with Gasteiger partial charge in [0.25, 0.3) is 0 Å². The van der Waals surface area contributed by atoms with E-state index in [1.165, 1.54) is 16.8 Å². The lowest BCUT2D eigenvalue weighted by Crippen LogP contribution is -2.49. The molecule has 1 heterocycles. The number of sulfonamides is 1. The molecule has 26 heavy (non-hydrogen) atoms. The van der Waals surface area contributed by atoms with Crippen LogP contribution in [0.2, 0.25) is 0 Å². The predicted molar refractivity (Wildman–Crippen MR) is 111 cm³/mol. The first-order chi connectivity index (χ1) is 12.2. The van der Waals surface area contributed by atoms with Gasteiger partial charge in [0, 0.05) is 36.3 Å². The van der Waals surface area contributed by atoms with Gasteiger partial charge < -0.3 is 4.90 Å². The van der Waals surface area contributed by atoms with Gasteiger partial charge >= 0.3 is 0 Å². The number of hydrogen-bond acceptors (Lipinski definition) is 3. The van der Waals surface area contributed by atoms with E-state index in [1.54, 1.807) is 10.4 Å². The summed E-state index contributed by atoms with van der Waals surface area (Å²) in [5.74, 6) is 0. The minimum Gasteiger partial charge on any atom is -0.369 e. The minimum atomic E-state index is -3.47. The Labute approximate surface area is 165 Å². The highest BCUT2D eigenvalue weighted by atomic mass is 79.9. The van der Waals surface area contributed by atoms with Crippen LogP contribution in [-0.4, -0.2) is 38.9 Å². The molecule has 6 heteroatoms. The molecule has 4 nitrogen and oxygen atoms in total. The first-order valence-electron chi connectivity index (χ1n) is 8.79. The van der Waals surface area contributed by atoms with Crippen LogP contribution < -0.4 is 4.90 Å². The second-order valence-electron chi connectivity index (χ2n) is 7.05. The Morgan fingerprint density at radius 1 is 0.846 bits per heavy atom. The number of anilines is 1. The number of piperazine rings is 1. The van der Waals surface area contributed by atoms with E-state index in [-0.39, 0.29) is 0 Å². The zero-order valence-corrected chi connectivity index (χ0v) is 18.1. The number of hydrogen-bond donors (Lipinski definition) is 0. The Morgan fingerprint density at radius 3 is 2.15 bits per heavy atom. The molecule has 3 rings (SSSR count). The lowest BCUT2D eigenvalue weighted by atomic mass is 10.1. The van der Waals surface area contributed by atoms with Crippen molar-refractivity contribution < 1.29 is 8.42 Å². The van der Waals surface area contributed by atoms with Crippen LogP contribution in [0.3, 0.4) is 0 Å². The van der Waals surface area contributed by atoms with Crippen molar-refractivity contribution in [3.05, 3.63) is 57.1 Å². The van der Waals surface area contributed by atoms with Crippen molar-refractivity contribution >= 4 is 31.6 Å². The quantitative estimate of drug-likeness (QED) is 0.723. The summed E-state index contributed by atoms with van der Waals surface area (Å²) >= 11 is 3.47. The summed E-state index contributed by atoms with van der Waals surface area (Å²) in [4.78, 5) is 2.70.